The number of fused-ring (bicyclic) bond motifs is 1. The van der Waals surface area contributed by atoms with E-state index in [9.17, 15) is 22.8 Å². The summed E-state index contributed by atoms with van der Waals surface area (Å²) >= 11 is 0. The molecule has 2 aliphatic rings. The maximum Gasteiger partial charge on any atom is 0.414 e. The summed E-state index contributed by atoms with van der Waals surface area (Å²) in [6.45, 7) is 4.46. The van der Waals surface area contributed by atoms with Crippen molar-refractivity contribution in [3.05, 3.63) is 59.4 Å². The van der Waals surface area contributed by atoms with E-state index in [1.807, 2.05) is 12.1 Å². The van der Waals surface area contributed by atoms with E-state index in [1.165, 1.54) is 35.3 Å². The number of benzene rings is 1. The van der Waals surface area contributed by atoms with Gasteiger partial charge in [-0.2, -0.15) is 13.2 Å². The third-order valence-corrected chi connectivity index (χ3v) is 7.19. The van der Waals surface area contributed by atoms with Crippen molar-refractivity contribution in [2.75, 3.05) is 32.5 Å². The highest BCUT2D eigenvalue weighted by molar-refractivity contribution is 5.84. The van der Waals surface area contributed by atoms with Gasteiger partial charge in [-0.1, -0.05) is 38.1 Å². The lowest BCUT2D eigenvalue weighted by Crippen LogP contribution is -2.58. The van der Waals surface area contributed by atoms with E-state index in [2.05, 4.69) is 41.6 Å². The Balaban J connectivity index is 1.47. The van der Waals surface area contributed by atoms with E-state index < -0.39 is 24.0 Å². The first-order valence-electron chi connectivity index (χ1n) is 11.5. The number of amides is 3. The third kappa shape index (κ3) is 4.66. The number of carbonyl (C=O) groups is 2. The highest BCUT2D eigenvalue weighted by Gasteiger charge is 2.49. The number of carbonyl (C=O) groups excluding carboxylic acids is 2. The van der Waals surface area contributed by atoms with Crippen molar-refractivity contribution in [1.82, 2.24) is 20.1 Å². The van der Waals surface area contributed by atoms with E-state index >= 15 is 0 Å². The lowest BCUT2D eigenvalue weighted by Gasteiger charge is -2.41. The Bertz CT molecular complexity index is 1100. The summed E-state index contributed by atoms with van der Waals surface area (Å²) in [4.78, 5) is 30.5. The van der Waals surface area contributed by atoms with E-state index in [0.717, 1.165) is 13.5 Å². The molecule has 1 aromatic heterocycles. The fourth-order valence-corrected chi connectivity index (χ4v) is 5.03. The summed E-state index contributed by atoms with van der Waals surface area (Å²) in [6.07, 6.45) is -2.50. The number of anilines is 1. The van der Waals surface area contributed by atoms with Crippen LogP contribution in [-0.2, 0) is 16.6 Å². The molecule has 1 aromatic carbocycles. The summed E-state index contributed by atoms with van der Waals surface area (Å²) in [5.41, 5.74) is 2.72. The number of alkyl halides is 3. The number of pyridine rings is 1. The zero-order valence-electron chi connectivity index (χ0n) is 20.2. The highest BCUT2D eigenvalue weighted by Crippen LogP contribution is 2.41. The van der Waals surface area contributed by atoms with Crippen LogP contribution in [0.25, 0.3) is 0 Å². The quantitative estimate of drug-likeness (QED) is 0.671. The van der Waals surface area contributed by atoms with Gasteiger partial charge in [-0.25, -0.2) is 4.79 Å². The fourth-order valence-electron chi connectivity index (χ4n) is 5.03. The van der Waals surface area contributed by atoms with Crippen LogP contribution in [-0.4, -0.2) is 66.1 Å². The summed E-state index contributed by atoms with van der Waals surface area (Å²) in [5, 5.41) is 5.86. The van der Waals surface area contributed by atoms with Gasteiger partial charge in [-0.05, 0) is 29.7 Å². The van der Waals surface area contributed by atoms with Crippen molar-refractivity contribution in [3.8, 4) is 0 Å². The Morgan fingerprint density at radius 3 is 2.43 bits per heavy atom. The first-order chi connectivity index (χ1) is 16.4. The van der Waals surface area contributed by atoms with Gasteiger partial charge in [0, 0.05) is 38.6 Å². The topological polar surface area (TPSA) is 77.6 Å². The van der Waals surface area contributed by atoms with Crippen LogP contribution in [0.15, 0.2) is 42.6 Å². The number of halogens is 3. The fraction of sp³-hybridized carbons (Fsp3) is 0.480. The Morgan fingerprint density at radius 2 is 1.86 bits per heavy atom. The van der Waals surface area contributed by atoms with E-state index in [-0.39, 0.29) is 36.3 Å². The van der Waals surface area contributed by atoms with Crippen molar-refractivity contribution in [2.24, 2.45) is 5.92 Å². The van der Waals surface area contributed by atoms with Gasteiger partial charge >= 0.3 is 12.2 Å². The van der Waals surface area contributed by atoms with Gasteiger partial charge in [-0.3, -0.25) is 9.78 Å². The molecule has 188 valence electrons. The van der Waals surface area contributed by atoms with Gasteiger partial charge in [-0.15, -0.1) is 0 Å². The molecule has 2 aromatic rings. The highest BCUT2D eigenvalue weighted by atomic mass is 19.4. The van der Waals surface area contributed by atoms with Crippen molar-refractivity contribution in [2.45, 2.75) is 43.9 Å². The summed E-state index contributed by atoms with van der Waals surface area (Å²) in [6, 6.07) is 8.64. The Labute approximate surface area is 202 Å². The van der Waals surface area contributed by atoms with Crippen LogP contribution in [0.3, 0.4) is 0 Å². The van der Waals surface area contributed by atoms with Gasteiger partial charge in [0.15, 0.2) is 6.04 Å². The molecule has 1 aliphatic carbocycles. The molecule has 1 saturated heterocycles. The monoisotopic (exact) mass is 489 g/mol. The molecule has 7 nitrogen and oxygen atoms in total. The van der Waals surface area contributed by atoms with Gasteiger partial charge in [0.1, 0.15) is 0 Å². The predicted octanol–water partition coefficient (Wildman–Crippen LogP) is 3.73. The molecule has 4 rings (SSSR count). The molecule has 0 bridgehead atoms. The van der Waals surface area contributed by atoms with Crippen LogP contribution in [0.2, 0.25) is 0 Å². The van der Waals surface area contributed by atoms with Gasteiger partial charge < -0.3 is 20.4 Å². The van der Waals surface area contributed by atoms with Crippen molar-refractivity contribution in [3.63, 3.8) is 0 Å². The van der Waals surface area contributed by atoms with Crippen LogP contribution in [0, 0.1) is 5.92 Å². The number of rotatable bonds is 5. The summed E-state index contributed by atoms with van der Waals surface area (Å²) < 4.78 is 42.1. The largest absolute Gasteiger partial charge is 0.414 e. The molecule has 2 atom stereocenters. The molecule has 10 heteroatoms. The normalized spacial score (nSPS) is 20.0. The number of likely N-dealkylation sites (tertiary alicyclic amines) is 1. The summed E-state index contributed by atoms with van der Waals surface area (Å²) in [5.74, 6) is -1.34. The molecule has 3 amide bonds. The molecule has 0 spiro atoms. The average Bonchev–Trinajstić information content (AvgIpc) is 3.02. The zero-order chi connectivity index (χ0) is 25.5. The Kier molecular flexibility index (Phi) is 6.42. The molecule has 1 fully saturated rings. The average molecular weight is 490 g/mol. The number of hydrogen-bond donors (Lipinski definition) is 2. The molecule has 0 radical (unpaired) electrons. The lowest BCUT2D eigenvalue weighted by atomic mass is 9.83. The van der Waals surface area contributed by atoms with Gasteiger partial charge in [0.05, 0.1) is 23.5 Å². The second-order valence-corrected chi connectivity index (χ2v) is 9.80. The number of hydrogen-bond acceptors (Lipinski definition) is 4. The number of aromatic nitrogens is 1. The van der Waals surface area contributed by atoms with Crippen molar-refractivity contribution >= 4 is 17.6 Å². The number of nitrogens with one attached hydrogen (secondary N) is 2. The Morgan fingerprint density at radius 1 is 1.17 bits per heavy atom. The predicted molar refractivity (Wildman–Crippen MR) is 126 cm³/mol. The van der Waals surface area contributed by atoms with E-state index in [4.69, 9.17) is 0 Å². The van der Waals surface area contributed by atoms with Crippen molar-refractivity contribution in [1.29, 1.82) is 0 Å². The maximum absolute atomic E-state index is 14.0. The second kappa shape index (κ2) is 9.05. The molecule has 1 aliphatic heterocycles. The van der Waals surface area contributed by atoms with E-state index in [0.29, 0.717) is 10.6 Å². The Hall–Kier alpha value is -3.30. The third-order valence-electron chi connectivity index (χ3n) is 7.19. The van der Waals surface area contributed by atoms with Crippen LogP contribution >= 0.6 is 0 Å². The molecule has 2 heterocycles. The second-order valence-electron chi connectivity index (χ2n) is 9.80. The lowest BCUT2D eigenvalue weighted by molar-refractivity contribution is -0.192. The number of urea groups is 1. The van der Waals surface area contributed by atoms with Crippen LogP contribution in [0.1, 0.15) is 36.7 Å². The van der Waals surface area contributed by atoms with Gasteiger partial charge in [0.25, 0.3) is 0 Å². The zero-order valence-corrected chi connectivity index (χ0v) is 20.2. The molecule has 2 N–H and O–H groups in total. The van der Waals surface area contributed by atoms with Crippen LogP contribution < -0.4 is 10.6 Å². The van der Waals surface area contributed by atoms with Crippen LogP contribution in [0.5, 0.6) is 0 Å². The smallest absolute Gasteiger partial charge is 0.380 e. The molecular formula is C25H30F3N5O2. The van der Waals surface area contributed by atoms with Crippen molar-refractivity contribution < 1.29 is 22.8 Å². The van der Waals surface area contributed by atoms with E-state index in [1.54, 1.807) is 6.07 Å². The molecule has 1 unspecified atom stereocenters. The molecule has 35 heavy (non-hydrogen) atoms. The summed E-state index contributed by atoms with van der Waals surface area (Å²) in [7, 11) is 2.59. The standard InChI is InChI=1S/C25H30F3N5O2/c1-24(2)18-8-6-5-7-15(18)11-20(24)31-17-9-10-19(30-12-17)21(25(26,27)28)32(4)22(34)16-13-33(14-16)23(35)29-3/h5-10,12,16,20-21,31H,11,13-14H2,1-4H3,(H,29,35)/t20?,21-/m0/s1. The minimum atomic E-state index is -4.70. The maximum atomic E-state index is 14.0. The minimum absolute atomic E-state index is 0.0668. The first kappa shape index (κ1) is 24.8. The molecular weight excluding hydrogens is 459 g/mol. The van der Waals surface area contributed by atoms with Gasteiger partial charge in [0.2, 0.25) is 5.91 Å². The SMILES string of the molecule is CNC(=O)N1CC(C(=O)N(C)[C@@H](c2ccc(NC3Cc4ccccc4C3(C)C)cn2)C(F)(F)F)C1. The first-order valence-corrected chi connectivity index (χ1v) is 11.5. The number of nitrogens with zero attached hydrogens (tertiary/aromatic N) is 3. The van der Waals surface area contributed by atoms with Crippen LogP contribution in [0.4, 0.5) is 23.7 Å². The minimum Gasteiger partial charge on any atom is -0.380 e. The molecule has 0 saturated carbocycles.